The van der Waals surface area contributed by atoms with Crippen molar-refractivity contribution in [1.29, 1.82) is 0 Å². The third-order valence-electron chi connectivity index (χ3n) is 4.30. The Morgan fingerprint density at radius 2 is 2.00 bits per heavy atom. The standard InChI is InChI=1S/C17H20ClN3O3/c1-23-16(22)11-21(14-4-2-3-5-14)10-15-19-20-17(24-15)12-6-8-13(18)9-7-12/h6-9,14H,2-5,10-11H2,1H3. The van der Waals surface area contributed by atoms with Gasteiger partial charge >= 0.3 is 5.97 Å². The summed E-state index contributed by atoms with van der Waals surface area (Å²) >= 11 is 5.89. The van der Waals surface area contributed by atoms with Crippen molar-refractivity contribution in [3.05, 3.63) is 35.2 Å². The first-order valence-electron chi connectivity index (χ1n) is 8.05. The van der Waals surface area contributed by atoms with Gasteiger partial charge in [0.15, 0.2) is 0 Å². The number of benzene rings is 1. The van der Waals surface area contributed by atoms with Crippen molar-refractivity contribution in [3.63, 3.8) is 0 Å². The van der Waals surface area contributed by atoms with Crippen LogP contribution in [0.4, 0.5) is 0 Å². The van der Waals surface area contributed by atoms with Crippen molar-refractivity contribution in [3.8, 4) is 11.5 Å². The lowest BCUT2D eigenvalue weighted by molar-refractivity contribution is -0.142. The normalized spacial score (nSPS) is 15.1. The van der Waals surface area contributed by atoms with Gasteiger partial charge in [0.2, 0.25) is 11.8 Å². The molecule has 0 atom stereocenters. The van der Waals surface area contributed by atoms with Gasteiger partial charge in [-0.25, -0.2) is 0 Å². The molecule has 1 aromatic carbocycles. The second-order valence-electron chi connectivity index (χ2n) is 5.93. The molecule has 0 saturated heterocycles. The van der Waals surface area contributed by atoms with Gasteiger partial charge in [-0.05, 0) is 37.1 Å². The van der Waals surface area contributed by atoms with Gasteiger partial charge in [0.1, 0.15) is 0 Å². The summed E-state index contributed by atoms with van der Waals surface area (Å²) in [6.45, 7) is 0.681. The second-order valence-corrected chi connectivity index (χ2v) is 6.36. The number of carbonyl (C=O) groups is 1. The maximum atomic E-state index is 11.7. The largest absolute Gasteiger partial charge is 0.468 e. The van der Waals surface area contributed by atoms with Gasteiger partial charge in [0.05, 0.1) is 20.2 Å². The highest BCUT2D eigenvalue weighted by Gasteiger charge is 2.26. The zero-order chi connectivity index (χ0) is 16.9. The van der Waals surface area contributed by atoms with Gasteiger partial charge in [-0.1, -0.05) is 24.4 Å². The number of rotatable bonds is 6. The molecule has 1 aromatic heterocycles. The molecule has 6 nitrogen and oxygen atoms in total. The van der Waals surface area contributed by atoms with Gasteiger partial charge in [-0.15, -0.1) is 10.2 Å². The number of aromatic nitrogens is 2. The molecular formula is C17H20ClN3O3. The fourth-order valence-corrected chi connectivity index (χ4v) is 3.14. The van der Waals surface area contributed by atoms with E-state index in [-0.39, 0.29) is 12.5 Å². The number of esters is 1. The molecule has 0 unspecified atom stereocenters. The average molecular weight is 350 g/mol. The predicted molar refractivity (Wildman–Crippen MR) is 89.4 cm³/mol. The SMILES string of the molecule is COC(=O)CN(Cc1nnc(-c2ccc(Cl)cc2)o1)C1CCCC1. The number of carbonyl (C=O) groups excluding carboxylic acids is 1. The van der Waals surface area contributed by atoms with E-state index >= 15 is 0 Å². The lowest BCUT2D eigenvalue weighted by Crippen LogP contribution is -2.37. The topological polar surface area (TPSA) is 68.5 Å². The van der Waals surface area contributed by atoms with Crippen LogP contribution in [0, 0.1) is 0 Å². The highest BCUT2D eigenvalue weighted by Crippen LogP contribution is 2.26. The van der Waals surface area contributed by atoms with Crippen molar-refractivity contribution < 1.29 is 13.9 Å². The highest BCUT2D eigenvalue weighted by molar-refractivity contribution is 6.30. The van der Waals surface area contributed by atoms with Gasteiger partial charge in [-0.3, -0.25) is 9.69 Å². The van der Waals surface area contributed by atoms with Crippen LogP contribution >= 0.6 is 11.6 Å². The van der Waals surface area contributed by atoms with E-state index in [0.29, 0.717) is 29.4 Å². The van der Waals surface area contributed by atoms with Crippen LogP contribution in [-0.4, -0.2) is 40.8 Å². The Labute approximate surface area is 145 Å². The summed E-state index contributed by atoms with van der Waals surface area (Å²) in [5.41, 5.74) is 0.818. The lowest BCUT2D eigenvalue weighted by atomic mass is 10.2. The molecule has 0 aliphatic heterocycles. The summed E-state index contributed by atoms with van der Waals surface area (Å²) < 4.78 is 10.6. The summed E-state index contributed by atoms with van der Waals surface area (Å²) in [6.07, 6.45) is 4.52. The summed E-state index contributed by atoms with van der Waals surface area (Å²) in [6, 6.07) is 7.59. The number of hydrogen-bond acceptors (Lipinski definition) is 6. The van der Waals surface area contributed by atoms with E-state index in [9.17, 15) is 4.79 Å². The third-order valence-corrected chi connectivity index (χ3v) is 4.55. The minimum absolute atomic E-state index is 0.236. The summed E-state index contributed by atoms with van der Waals surface area (Å²) in [7, 11) is 1.40. The van der Waals surface area contributed by atoms with Gasteiger partial charge in [0.25, 0.3) is 0 Å². The maximum Gasteiger partial charge on any atom is 0.319 e. The average Bonchev–Trinajstić information content (AvgIpc) is 3.26. The van der Waals surface area contributed by atoms with Crippen LogP contribution in [0.2, 0.25) is 5.02 Å². The van der Waals surface area contributed by atoms with Crippen molar-refractivity contribution in [2.45, 2.75) is 38.3 Å². The first-order chi connectivity index (χ1) is 11.7. The summed E-state index contributed by atoms with van der Waals surface area (Å²) in [5.74, 6) is 0.696. The summed E-state index contributed by atoms with van der Waals surface area (Å²) in [5, 5.41) is 8.86. The van der Waals surface area contributed by atoms with Gasteiger partial charge in [-0.2, -0.15) is 0 Å². The molecule has 0 amide bonds. The zero-order valence-electron chi connectivity index (χ0n) is 13.6. The predicted octanol–water partition coefficient (Wildman–Crippen LogP) is 3.31. The molecule has 0 N–H and O–H groups in total. The zero-order valence-corrected chi connectivity index (χ0v) is 14.3. The molecule has 128 valence electrons. The van der Waals surface area contributed by atoms with Crippen LogP contribution in [0.5, 0.6) is 0 Å². The minimum atomic E-state index is -0.251. The molecule has 2 aromatic rings. The quantitative estimate of drug-likeness (QED) is 0.745. The van der Waals surface area contributed by atoms with E-state index in [0.717, 1.165) is 18.4 Å². The van der Waals surface area contributed by atoms with E-state index in [1.54, 1.807) is 12.1 Å². The number of nitrogens with zero attached hydrogens (tertiary/aromatic N) is 3. The molecule has 0 bridgehead atoms. The molecular weight excluding hydrogens is 330 g/mol. The van der Waals surface area contributed by atoms with Crippen LogP contribution in [0.25, 0.3) is 11.5 Å². The monoisotopic (exact) mass is 349 g/mol. The number of methoxy groups -OCH3 is 1. The highest BCUT2D eigenvalue weighted by atomic mass is 35.5. The van der Waals surface area contributed by atoms with Crippen LogP contribution in [-0.2, 0) is 16.1 Å². The smallest absolute Gasteiger partial charge is 0.319 e. The molecule has 1 aliphatic carbocycles. The second kappa shape index (κ2) is 7.77. The molecule has 0 spiro atoms. The van der Waals surface area contributed by atoms with E-state index < -0.39 is 0 Å². The number of ether oxygens (including phenoxy) is 1. The molecule has 3 rings (SSSR count). The lowest BCUT2D eigenvalue weighted by Gasteiger charge is -2.25. The molecule has 24 heavy (non-hydrogen) atoms. The fraction of sp³-hybridized carbons (Fsp3) is 0.471. The van der Waals surface area contributed by atoms with Crippen LogP contribution in [0.1, 0.15) is 31.6 Å². The van der Waals surface area contributed by atoms with Crippen molar-refractivity contribution >= 4 is 17.6 Å². The molecule has 1 fully saturated rings. The molecule has 1 aliphatic rings. The molecule has 1 heterocycles. The van der Waals surface area contributed by atoms with Crippen molar-refractivity contribution in [1.82, 2.24) is 15.1 Å². The molecule has 1 saturated carbocycles. The van der Waals surface area contributed by atoms with Gasteiger partial charge in [0, 0.05) is 16.6 Å². The third kappa shape index (κ3) is 4.13. The van der Waals surface area contributed by atoms with Crippen molar-refractivity contribution in [2.75, 3.05) is 13.7 Å². The first-order valence-corrected chi connectivity index (χ1v) is 8.42. The molecule has 7 heteroatoms. The number of hydrogen-bond donors (Lipinski definition) is 0. The number of halogens is 1. The fourth-order valence-electron chi connectivity index (χ4n) is 3.01. The van der Waals surface area contributed by atoms with Gasteiger partial charge < -0.3 is 9.15 Å². The summed E-state index contributed by atoms with van der Waals surface area (Å²) in [4.78, 5) is 13.8. The van der Waals surface area contributed by atoms with E-state index in [2.05, 4.69) is 15.1 Å². The van der Waals surface area contributed by atoms with E-state index in [1.807, 2.05) is 12.1 Å². The van der Waals surface area contributed by atoms with E-state index in [1.165, 1.54) is 20.0 Å². The first kappa shape index (κ1) is 16.9. The Hall–Kier alpha value is -1.92. The minimum Gasteiger partial charge on any atom is -0.468 e. The van der Waals surface area contributed by atoms with Crippen LogP contribution in [0.15, 0.2) is 28.7 Å². The Morgan fingerprint density at radius 3 is 2.67 bits per heavy atom. The van der Waals surface area contributed by atoms with Crippen molar-refractivity contribution in [2.24, 2.45) is 0 Å². The molecule has 0 radical (unpaired) electrons. The van der Waals surface area contributed by atoms with Crippen LogP contribution < -0.4 is 0 Å². The maximum absolute atomic E-state index is 11.7. The Balaban J connectivity index is 1.72. The van der Waals surface area contributed by atoms with E-state index in [4.69, 9.17) is 20.8 Å². The Bertz CT molecular complexity index is 681. The Morgan fingerprint density at radius 1 is 1.29 bits per heavy atom. The van der Waals surface area contributed by atoms with Crippen LogP contribution in [0.3, 0.4) is 0 Å². The Kier molecular flexibility index (Phi) is 5.48.